The number of nitrogens with one attached hydrogen (secondary N) is 2. The number of benzene rings is 1. The Morgan fingerprint density at radius 2 is 2.12 bits per heavy atom. The number of rotatable bonds is 4. The van der Waals surface area contributed by atoms with E-state index >= 15 is 0 Å². The number of halogens is 2. The van der Waals surface area contributed by atoms with Crippen molar-refractivity contribution in [2.75, 3.05) is 30.4 Å². The van der Waals surface area contributed by atoms with Gasteiger partial charge in [0.15, 0.2) is 5.75 Å². The molecule has 1 spiro atoms. The zero-order chi connectivity index (χ0) is 22.0. The van der Waals surface area contributed by atoms with Crippen molar-refractivity contribution >= 4 is 45.0 Å². The Hall–Kier alpha value is -3.17. The molecule has 1 saturated heterocycles. The molecule has 4 N–H and O–H groups in total. The van der Waals surface area contributed by atoms with Crippen LogP contribution in [0.5, 0.6) is 11.8 Å². The highest BCUT2D eigenvalue weighted by Crippen LogP contribution is 2.53. The van der Waals surface area contributed by atoms with Crippen molar-refractivity contribution in [1.29, 1.82) is 0 Å². The summed E-state index contributed by atoms with van der Waals surface area (Å²) in [5.74, 6) is 0.770. The first kappa shape index (κ1) is 19.5. The van der Waals surface area contributed by atoms with E-state index in [4.69, 9.17) is 27.1 Å². The molecule has 1 atom stereocenters. The number of anilines is 2. The quantitative estimate of drug-likeness (QED) is 0.428. The second kappa shape index (κ2) is 6.91. The zero-order valence-corrected chi connectivity index (χ0v) is 18.1. The van der Waals surface area contributed by atoms with Crippen LogP contribution >= 0.6 is 11.6 Å². The molecule has 8 nitrogen and oxygen atoms in total. The first-order chi connectivity index (χ1) is 15.5. The number of nitrogens with two attached hydrogens (primary N) is 1. The molecule has 0 bridgehead atoms. The third-order valence-corrected chi connectivity index (χ3v) is 6.75. The summed E-state index contributed by atoms with van der Waals surface area (Å²) in [6.07, 6.45) is 5.30. The summed E-state index contributed by atoms with van der Waals surface area (Å²) in [7, 11) is 1.75. The normalized spacial score (nSPS) is 19.2. The van der Waals surface area contributed by atoms with Gasteiger partial charge in [-0.3, -0.25) is 4.98 Å². The van der Waals surface area contributed by atoms with Gasteiger partial charge in [-0.15, -0.1) is 0 Å². The highest BCUT2D eigenvalue weighted by atomic mass is 35.5. The lowest BCUT2D eigenvalue weighted by Crippen LogP contribution is -2.30. The zero-order valence-electron chi connectivity index (χ0n) is 17.3. The number of aromatic nitrogens is 4. The van der Waals surface area contributed by atoms with Crippen molar-refractivity contribution in [3.05, 3.63) is 41.4 Å². The van der Waals surface area contributed by atoms with Crippen molar-refractivity contribution in [2.45, 2.75) is 18.9 Å². The SMILES string of the molecule is CNc1cc(F)cc2c1[nH]c1nc(Oc3cncc(Cl)c3)nc(N3C[C@H](N)C4(CC4)C3)c12. The molecule has 0 amide bonds. The van der Waals surface area contributed by atoms with Gasteiger partial charge in [0.05, 0.1) is 27.8 Å². The fraction of sp³-hybridized carbons (Fsp3) is 0.318. The summed E-state index contributed by atoms with van der Waals surface area (Å²) in [5.41, 5.74) is 8.56. The van der Waals surface area contributed by atoms with Gasteiger partial charge in [-0.1, -0.05) is 11.6 Å². The summed E-state index contributed by atoms with van der Waals surface area (Å²) in [5, 5.41) is 4.95. The second-order valence-corrected chi connectivity index (χ2v) is 9.03. The van der Waals surface area contributed by atoms with Gasteiger partial charge in [-0.05, 0) is 25.0 Å². The van der Waals surface area contributed by atoms with E-state index in [2.05, 4.69) is 25.2 Å². The van der Waals surface area contributed by atoms with Crippen molar-refractivity contribution < 1.29 is 9.13 Å². The van der Waals surface area contributed by atoms with Gasteiger partial charge < -0.3 is 25.7 Å². The minimum atomic E-state index is -0.337. The van der Waals surface area contributed by atoms with Crippen LogP contribution in [0.2, 0.25) is 5.02 Å². The number of hydrogen-bond acceptors (Lipinski definition) is 7. The van der Waals surface area contributed by atoms with E-state index in [1.165, 1.54) is 18.3 Å². The maximum absolute atomic E-state index is 14.4. The van der Waals surface area contributed by atoms with Gasteiger partial charge in [0.25, 0.3) is 0 Å². The molecular formula is C22H21ClFN7O. The van der Waals surface area contributed by atoms with Gasteiger partial charge in [0.1, 0.15) is 17.3 Å². The molecule has 2 fully saturated rings. The van der Waals surface area contributed by atoms with Gasteiger partial charge in [0.2, 0.25) is 0 Å². The number of aromatic amines is 1. The van der Waals surface area contributed by atoms with Crippen LogP contribution in [0, 0.1) is 11.2 Å². The standard InChI is InChI=1S/C22H21ClFN7O/c1-26-15-6-12(24)5-14-17-19(28-18(14)15)29-21(32-13-4-11(23)7-27-8-13)30-20(17)31-9-16(25)22(10-31)2-3-22/h4-8,16,26H,2-3,9-10,25H2,1H3,(H,28,29,30)/t16-/m0/s1. The molecule has 10 heteroatoms. The Labute approximate surface area is 187 Å². The molecule has 1 aliphatic carbocycles. The van der Waals surface area contributed by atoms with Crippen LogP contribution in [0.15, 0.2) is 30.6 Å². The van der Waals surface area contributed by atoms with Crippen LogP contribution in [0.3, 0.4) is 0 Å². The molecule has 4 aromatic rings. The van der Waals surface area contributed by atoms with Crippen LogP contribution in [0.25, 0.3) is 21.9 Å². The van der Waals surface area contributed by atoms with Crippen molar-refractivity contribution in [3.8, 4) is 11.8 Å². The molecule has 164 valence electrons. The largest absolute Gasteiger partial charge is 0.422 e. The van der Waals surface area contributed by atoms with Crippen molar-refractivity contribution in [1.82, 2.24) is 19.9 Å². The van der Waals surface area contributed by atoms with E-state index in [0.717, 1.165) is 30.3 Å². The Bertz CT molecular complexity index is 1370. The lowest BCUT2D eigenvalue weighted by Gasteiger charge is -2.19. The molecule has 0 unspecified atom stereocenters. The van der Waals surface area contributed by atoms with Crippen LogP contribution < -0.4 is 20.7 Å². The lowest BCUT2D eigenvalue weighted by molar-refractivity contribution is 0.442. The number of nitrogens with zero attached hydrogens (tertiary/aromatic N) is 4. The number of pyridine rings is 1. The van der Waals surface area contributed by atoms with Gasteiger partial charge in [-0.2, -0.15) is 9.97 Å². The number of ether oxygens (including phenoxy) is 1. The van der Waals surface area contributed by atoms with Gasteiger partial charge >= 0.3 is 6.01 Å². The van der Waals surface area contributed by atoms with Gasteiger partial charge in [0, 0.05) is 49.2 Å². The summed E-state index contributed by atoms with van der Waals surface area (Å²) in [4.78, 5) is 18.9. The molecule has 1 aliphatic heterocycles. The third-order valence-electron chi connectivity index (χ3n) is 6.54. The Kier molecular flexibility index (Phi) is 4.22. The lowest BCUT2D eigenvalue weighted by atomic mass is 10.0. The molecule has 2 aliphatic rings. The fourth-order valence-corrected chi connectivity index (χ4v) is 4.86. The predicted molar refractivity (Wildman–Crippen MR) is 122 cm³/mol. The first-order valence-corrected chi connectivity index (χ1v) is 10.8. The molecule has 1 aromatic carbocycles. The van der Waals surface area contributed by atoms with E-state index < -0.39 is 0 Å². The molecule has 4 heterocycles. The summed E-state index contributed by atoms with van der Waals surface area (Å²) in [6.45, 7) is 1.48. The van der Waals surface area contributed by atoms with Crippen LogP contribution in [-0.4, -0.2) is 46.1 Å². The minimum absolute atomic E-state index is 0.0730. The van der Waals surface area contributed by atoms with E-state index in [1.807, 2.05) is 0 Å². The molecule has 0 radical (unpaired) electrons. The molecule has 1 saturated carbocycles. The average molecular weight is 454 g/mol. The third kappa shape index (κ3) is 3.03. The fourth-order valence-electron chi connectivity index (χ4n) is 4.69. The first-order valence-electron chi connectivity index (χ1n) is 10.5. The smallest absolute Gasteiger partial charge is 0.326 e. The van der Waals surface area contributed by atoms with E-state index in [0.29, 0.717) is 39.9 Å². The number of H-pyrrole nitrogens is 1. The molecule has 3 aromatic heterocycles. The molecule has 32 heavy (non-hydrogen) atoms. The highest BCUT2D eigenvalue weighted by Gasteiger charge is 2.54. The maximum atomic E-state index is 14.4. The predicted octanol–water partition coefficient (Wildman–Crippen LogP) is 4.06. The molecule has 6 rings (SSSR count). The van der Waals surface area contributed by atoms with Crippen LogP contribution in [-0.2, 0) is 0 Å². The Balaban J connectivity index is 1.55. The number of hydrogen-bond donors (Lipinski definition) is 3. The van der Waals surface area contributed by atoms with E-state index in [-0.39, 0.29) is 23.3 Å². The molecular weight excluding hydrogens is 433 g/mol. The summed E-state index contributed by atoms with van der Waals surface area (Å²) < 4.78 is 20.3. The maximum Gasteiger partial charge on any atom is 0.326 e. The van der Waals surface area contributed by atoms with Gasteiger partial charge in [-0.25, -0.2) is 4.39 Å². The van der Waals surface area contributed by atoms with Crippen LogP contribution in [0.1, 0.15) is 12.8 Å². The Morgan fingerprint density at radius 1 is 1.28 bits per heavy atom. The monoisotopic (exact) mass is 453 g/mol. The Morgan fingerprint density at radius 3 is 2.84 bits per heavy atom. The van der Waals surface area contributed by atoms with Crippen molar-refractivity contribution in [2.24, 2.45) is 11.1 Å². The second-order valence-electron chi connectivity index (χ2n) is 8.59. The average Bonchev–Trinajstić information content (AvgIpc) is 3.35. The summed E-state index contributed by atoms with van der Waals surface area (Å²) >= 11 is 6.04. The van der Waals surface area contributed by atoms with E-state index in [9.17, 15) is 4.39 Å². The topological polar surface area (TPSA) is 105 Å². The van der Waals surface area contributed by atoms with E-state index in [1.54, 1.807) is 19.3 Å². The van der Waals surface area contributed by atoms with Crippen LogP contribution in [0.4, 0.5) is 15.9 Å². The number of fused-ring (bicyclic) bond motifs is 3. The van der Waals surface area contributed by atoms with Crippen molar-refractivity contribution in [3.63, 3.8) is 0 Å². The minimum Gasteiger partial charge on any atom is -0.422 e. The highest BCUT2D eigenvalue weighted by molar-refractivity contribution is 6.30. The summed E-state index contributed by atoms with van der Waals surface area (Å²) in [6, 6.07) is 4.83.